The molecule has 0 amide bonds. The summed E-state index contributed by atoms with van der Waals surface area (Å²) in [5.74, 6) is 1.77. The van der Waals surface area contributed by atoms with Gasteiger partial charge in [0, 0.05) is 6.42 Å². The maximum absolute atomic E-state index is 10.8. The highest BCUT2D eigenvalue weighted by molar-refractivity contribution is 5.75. The summed E-state index contributed by atoms with van der Waals surface area (Å²) in [6, 6.07) is 0. The van der Waals surface area contributed by atoms with Crippen molar-refractivity contribution >= 4 is 5.78 Å². The molecule has 0 fully saturated rings. The van der Waals surface area contributed by atoms with Crippen LogP contribution in [-0.4, -0.2) is 5.78 Å². The van der Waals surface area contributed by atoms with Crippen LogP contribution in [0.25, 0.3) is 0 Å². The van der Waals surface area contributed by atoms with Gasteiger partial charge in [-0.15, -0.1) is 0 Å². The van der Waals surface area contributed by atoms with Crippen LogP contribution in [0, 0.1) is 11.8 Å². The Morgan fingerprint density at radius 3 is 2.15 bits per heavy atom. The molecule has 2 unspecified atom stereocenters. The van der Waals surface area contributed by atoms with Crippen LogP contribution in [-0.2, 0) is 4.79 Å². The molecule has 0 N–H and O–H groups in total. The van der Waals surface area contributed by atoms with Gasteiger partial charge >= 0.3 is 0 Å². The average molecular weight is 184 g/mol. The molecule has 13 heavy (non-hydrogen) atoms. The predicted octanol–water partition coefficient (Wildman–Crippen LogP) is 3.82. The normalized spacial score (nSPS) is 15.4. The number of Topliss-reactive ketones (excluding diaryl/α,β-unsaturated/α-hetero) is 1. The van der Waals surface area contributed by atoms with E-state index in [9.17, 15) is 4.79 Å². The molecule has 0 aromatic carbocycles. The second kappa shape index (κ2) is 7.11. The minimum atomic E-state index is 0.330. The second-order valence-corrected chi connectivity index (χ2v) is 4.46. The minimum Gasteiger partial charge on any atom is -0.300 e. The lowest BCUT2D eigenvalue weighted by molar-refractivity contribution is -0.117. The highest BCUT2D eigenvalue weighted by Gasteiger charge is 2.06. The van der Waals surface area contributed by atoms with Crippen molar-refractivity contribution < 1.29 is 4.79 Å². The summed E-state index contributed by atoms with van der Waals surface area (Å²) in [7, 11) is 0. The lowest BCUT2D eigenvalue weighted by Crippen LogP contribution is -2.02. The molecular weight excluding hydrogens is 160 g/mol. The predicted molar refractivity (Wildman–Crippen MR) is 57.8 cm³/mol. The molecule has 0 radical (unpaired) electrons. The standard InChI is InChI=1S/C12H24O/c1-5-10(2)7-6-8-11(3)9-12(4)13/h10-11H,5-9H2,1-4H3. The van der Waals surface area contributed by atoms with Crippen LogP contribution < -0.4 is 0 Å². The van der Waals surface area contributed by atoms with Crippen LogP contribution in [0.3, 0.4) is 0 Å². The van der Waals surface area contributed by atoms with E-state index in [-0.39, 0.29) is 0 Å². The summed E-state index contributed by atoms with van der Waals surface area (Å²) in [5, 5.41) is 0. The number of carbonyl (C=O) groups is 1. The first kappa shape index (κ1) is 12.7. The van der Waals surface area contributed by atoms with Gasteiger partial charge in [-0.1, -0.05) is 46.5 Å². The molecule has 0 bridgehead atoms. The molecule has 0 aliphatic rings. The van der Waals surface area contributed by atoms with Crippen LogP contribution >= 0.6 is 0 Å². The number of ketones is 1. The van der Waals surface area contributed by atoms with Gasteiger partial charge in [-0.2, -0.15) is 0 Å². The fourth-order valence-corrected chi connectivity index (χ4v) is 1.61. The Kier molecular flexibility index (Phi) is 6.93. The zero-order valence-corrected chi connectivity index (χ0v) is 9.60. The smallest absolute Gasteiger partial charge is 0.130 e. The van der Waals surface area contributed by atoms with Crippen molar-refractivity contribution in [3.63, 3.8) is 0 Å². The van der Waals surface area contributed by atoms with Crippen molar-refractivity contribution in [3.05, 3.63) is 0 Å². The zero-order chi connectivity index (χ0) is 10.3. The van der Waals surface area contributed by atoms with E-state index in [1.165, 1.54) is 25.7 Å². The Morgan fingerprint density at radius 1 is 1.15 bits per heavy atom. The van der Waals surface area contributed by atoms with Crippen molar-refractivity contribution in [1.82, 2.24) is 0 Å². The minimum absolute atomic E-state index is 0.330. The summed E-state index contributed by atoms with van der Waals surface area (Å²) < 4.78 is 0. The summed E-state index contributed by atoms with van der Waals surface area (Å²) in [6.45, 7) is 8.41. The first-order valence-corrected chi connectivity index (χ1v) is 5.55. The Morgan fingerprint density at radius 2 is 1.69 bits per heavy atom. The van der Waals surface area contributed by atoms with Gasteiger partial charge in [-0.3, -0.25) is 0 Å². The molecule has 0 saturated carbocycles. The third-order valence-corrected chi connectivity index (χ3v) is 2.73. The summed E-state index contributed by atoms with van der Waals surface area (Å²) in [5.41, 5.74) is 0. The van der Waals surface area contributed by atoms with Crippen LogP contribution in [0.5, 0.6) is 0 Å². The van der Waals surface area contributed by atoms with E-state index in [2.05, 4.69) is 20.8 Å². The van der Waals surface area contributed by atoms with Gasteiger partial charge in [0.1, 0.15) is 5.78 Å². The van der Waals surface area contributed by atoms with Gasteiger partial charge in [0.15, 0.2) is 0 Å². The highest BCUT2D eigenvalue weighted by atomic mass is 16.1. The van der Waals surface area contributed by atoms with Crippen molar-refractivity contribution in [2.45, 2.75) is 59.8 Å². The van der Waals surface area contributed by atoms with E-state index in [0.29, 0.717) is 11.7 Å². The SMILES string of the molecule is CCC(C)CCCC(C)CC(C)=O. The zero-order valence-electron chi connectivity index (χ0n) is 9.60. The second-order valence-electron chi connectivity index (χ2n) is 4.46. The quantitative estimate of drug-likeness (QED) is 0.588. The maximum atomic E-state index is 10.8. The largest absolute Gasteiger partial charge is 0.300 e. The molecule has 0 aromatic heterocycles. The van der Waals surface area contributed by atoms with E-state index < -0.39 is 0 Å². The van der Waals surface area contributed by atoms with E-state index in [1.54, 1.807) is 6.92 Å². The molecule has 0 aromatic rings. The maximum Gasteiger partial charge on any atom is 0.130 e. The molecule has 0 aliphatic heterocycles. The number of rotatable bonds is 7. The molecule has 0 aliphatic carbocycles. The molecule has 0 heterocycles. The van der Waals surface area contributed by atoms with E-state index in [4.69, 9.17) is 0 Å². The Labute approximate surface area is 82.9 Å². The molecule has 1 nitrogen and oxygen atoms in total. The number of hydrogen-bond acceptors (Lipinski definition) is 1. The fraction of sp³-hybridized carbons (Fsp3) is 0.917. The van der Waals surface area contributed by atoms with Gasteiger partial charge < -0.3 is 4.79 Å². The molecule has 0 rings (SSSR count). The fourth-order valence-electron chi connectivity index (χ4n) is 1.61. The van der Waals surface area contributed by atoms with E-state index >= 15 is 0 Å². The van der Waals surface area contributed by atoms with Crippen molar-refractivity contribution in [2.24, 2.45) is 11.8 Å². The lowest BCUT2D eigenvalue weighted by atomic mass is 9.94. The van der Waals surface area contributed by atoms with Crippen LogP contribution in [0.4, 0.5) is 0 Å². The first-order chi connectivity index (χ1) is 6.06. The first-order valence-electron chi connectivity index (χ1n) is 5.55. The molecule has 1 heteroatoms. The summed E-state index contributed by atoms with van der Waals surface area (Å²) >= 11 is 0. The van der Waals surface area contributed by atoms with Gasteiger partial charge in [-0.25, -0.2) is 0 Å². The molecule has 2 atom stereocenters. The molecule has 0 spiro atoms. The topological polar surface area (TPSA) is 17.1 Å². The summed E-state index contributed by atoms with van der Waals surface area (Å²) in [4.78, 5) is 10.8. The third kappa shape index (κ3) is 8.01. The molecular formula is C12H24O. The number of hydrogen-bond donors (Lipinski definition) is 0. The van der Waals surface area contributed by atoms with E-state index in [1.807, 2.05) is 0 Å². The van der Waals surface area contributed by atoms with Gasteiger partial charge in [-0.05, 0) is 18.8 Å². The van der Waals surface area contributed by atoms with Crippen LogP contribution in [0.1, 0.15) is 59.8 Å². The molecule has 78 valence electrons. The third-order valence-electron chi connectivity index (χ3n) is 2.73. The Hall–Kier alpha value is -0.330. The van der Waals surface area contributed by atoms with Crippen LogP contribution in [0.2, 0.25) is 0 Å². The summed E-state index contributed by atoms with van der Waals surface area (Å²) in [6.07, 6.45) is 5.85. The van der Waals surface area contributed by atoms with Gasteiger partial charge in [0.2, 0.25) is 0 Å². The van der Waals surface area contributed by atoms with Gasteiger partial charge in [0.25, 0.3) is 0 Å². The Balaban J connectivity index is 3.36. The van der Waals surface area contributed by atoms with Gasteiger partial charge in [0.05, 0.1) is 0 Å². The van der Waals surface area contributed by atoms with Crippen molar-refractivity contribution in [3.8, 4) is 0 Å². The average Bonchev–Trinajstić information content (AvgIpc) is 2.02. The lowest BCUT2D eigenvalue weighted by Gasteiger charge is -2.11. The number of carbonyl (C=O) groups excluding carboxylic acids is 1. The van der Waals surface area contributed by atoms with Crippen LogP contribution in [0.15, 0.2) is 0 Å². The van der Waals surface area contributed by atoms with Crippen molar-refractivity contribution in [2.75, 3.05) is 0 Å². The highest BCUT2D eigenvalue weighted by Crippen LogP contribution is 2.16. The monoisotopic (exact) mass is 184 g/mol. The molecule has 0 saturated heterocycles. The van der Waals surface area contributed by atoms with Crippen molar-refractivity contribution in [1.29, 1.82) is 0 Å². The van der Waals surface area contributed by atoms with E-state index in [0.717, 1.165) is 12.3 Å². The Bertz CT molecular complexity index is 140.